The van der Waals surface area contributed by atoms with Crippen molar-refractivity contribution in [2.45, 2.75) is 37.8 Å². The summed E-state index contributed by atoms with van der Waals surface area (Å²) >= 11 is 0. The maximum atomic E-state index is 12.2. The molecule has 4 heterocycles. The Bertz CT molecular complexity index is 843. The van der Waals surface area contributed by atoms with Gasteiger partial charge in [-0.3, -0.25) is 4.90 Å². The molecule has 4 aliphatic heterocycles. The van der Waals surface area contributed by atoms with E-state index in [1.54, 1.807) is 0 Å². The van der Waals surface area contributed by atoms with Crippen molar-refractivity contribution < 1.29 is 9.84 Å². The van der Waals surface area contributed by atoms with Crippen molar-refractivity contribution >= 4 is 0 Å². The molecule has 2 bridgehead atoms. The summed E-state index contributed by atoms with van der Waals surface area (Å²) in [5.41, 5.74) is 3.04. The largest absolute Gasteiger partial charge is 0.385 e. The third kappa shape index (κ3) is 4.73. The van der Waals surface area contributed by atoms with Crippen LogP contribution in [-0.2, 0) is 23.3 Å². The molecule has 2 unspecified atom stereocenters. The predicted octanol–water partition coefficient (Wildman–Crippen LogP) is 3.68. The molecule has 4 nitrogen and oxygen atoms in total. The Hall–Kier alpha value is -1.72. The molecule has 0 spiro atoms. The Morgan fingerprint density at radius 3 is 2.35 bits per heavy atom. The topological polar surface area (TPSA) is 35.9 Å². The lowest BCUT2D eigenvalue weighted by atomic mass is 9.66. The number of hydrogen-bond acceptors (Lipinski definition) is 4. The second-order valence-electron chi connectivity index (χ2n) is 9.74. The highest BCUT2D eigenvalue weighted by Crippen LogP contribution is 2.45. The highest BCUT2D eigenvalue weighted by atomic mass is 16.5. The minimum Gasteiger partial charge on any atom is -0.385 e. The van der Waals surface area contributed by atoms with Crippen LogP contribution in [0.4, 0.5) is 0 Å². The van der Waals surface area contributed by atoms with Crippen LogP contribution in [0.1, 0.15) is 36.0 Å². The number of nitrogens with zero attached hydrogens (tertiary/aromatic N) is 2. The molecule has 166 valence electrons. The van der Waals surface area contributed by atoms with Crippen molar-refractivity contribution in [3.8, 4) is 0 Å². The fourth-order valence-corrected chi connectivity index (χ4v) is 6.01. The summed E-state index contributed by atoms with van der Waals surface area (Å²) in [5.74, 6) is 0.969. The third-order valence-electron chi connectivity index (χ3n) is 7.84. The summed E-state index contributed by atoms with van der Waals surface area (Å²) in [6, 6.07) is 19.4. The van der Waals surface area contributed by atoms with Gasteiger partial charge in [-0.15, -0.1) is 0 Å². The van der Waals surface area contributed by atoms with Gasteiger partial charge in [-0.1, -0.05) is 54.6 Å². The van der Waals surface area contributed by atoms with Crippen LogP contribution in [0.2, 0.25) is 0 Å². The average molecular weight is 421 g/mol. The predicted molar refractivity (Wildman–Crippen MR) is 124 cm³/mol. The first-order valence-electron chi connectivity index (χ1n) is 12.1. The number of hydrogen-bond donors (Lipinski definition) is 1. The molecule has 4 fully saturated rings. The monoisotopic (exact) mass is 420 g/mol. The van der Waals surface area contributed by atoms with E-state index in [1.165, 1.54) is 37.1 Å². The fraction of sp³-hybridized carbons (Fsp3) is 0.556. The van der Waals surface area contributed by atoms with Crippen LogP contribution in [-0.4, -0.2) is 60.8 Å². The first-order valence-corrected chi connectivity index (χ1v) is 12.1. The number of aryl methyl sites for hydroxylation is 1. The van der Waals surface area contributed by atoms with E-state index in [0.29, 0.717) is 11.8 Å². The zero-order valence-electron chi connectivity index (χ0n) is 18.6. The number of benzene rings is 2. The second kappa shape index (κ2) is 9.41. The van der Waals surface area contributed by atoms with Crippen molar-refractivity contribution in [3.63, 3.8) is 0 Å². The molecule has 4 heteroatoms. The van der Waals surface area contributed by atoms with Gasteiger partial charge in [0.25, 0.3) is 0 Å². The minimum absolute atomic E-state index is 0.328. The van der Waals surface area contributed by atoms with E-state index in [4.69, 9.17) is 4.74 Å². The molecular formula is C27H36N2O2. The normalized spacial score (nSPS) is 28.4. The van der Waals surface area contributed by atoms with Gasteiger partial charge in [0.05, 0.1) is 18.8 Å². The smallest absolute Gasteiger partial charge is 0.0942 e. The minimum atomic E-state index is -0.759. The molecule has 0 saturated carbocycles. The molecule has 0 aromatic heterocycles. The SMILES string of the molecule is OC(CCc1cccc(CN2CCOCC2)c1)(c1ccccc1)C1CN2CCC1CC2. The van der Waals surface area contributed by atoms with Gasteiger partial charge in [0, 0.05) is 32.1 Å². The average Bonchev–Trinajstić information content (AvgIpc) is 2.85. The molecule has 31 heavy (non-hydrogen) atoms. The van der Waals surface area contributed by atoms with Crippen LogP contribution >= 0.6 is 0 Å². The van der Waals surface area contributed by atoms with Gasteiger partial charge in [0.1, 0.15) is 0 Å². The van der Waals surface area contributed by atoms with Gasteiger partial charge in [-0.25, -0.2) is 0 Å². The summed E-state index contributed by atoms with van der Waals surface area (Å²) in [6.07, 6.45) is 4.16. The van der Waals surface area contributed by atoms with E-state index < -0.39 is 5.60 Å². The number of rotatable bonds is 7. The Labute approximate surface area is 186 Å². The molecule has 0 radical (unpaired) electrons. The number of ether oxygens (including phenoxy) is 1. The summed E-state index contributed by atoms with van der Waals surface area (Å²) in [6.45, 7) is 8.13. The van der Waals surface area contributed by atoms with E-state index in [0.717, 1.165) is 57.8 Å². The third-order valence-corrected chi connectivity index (χ3v) is 7.84. The van der Waals surface area contributed by atoms with E-state index in [2.05, 4.69) is 64.4 Å². The van der Waals surface area contributed by atoms with Crippen molar-refractivity contribution in [3.05, 3.63) is 71.3 Å². The van der Waals surface area contributed by atoms with Crippen LogP contribution in [0, 0.1) is 11.8 Å². The highest BCUT2D eigenvalue weighted by Gasteiger charge is 2.47. The zero-order chi connectivity index (χ0) is 21.1. The van der Waals surface area contributed by atoms with Crippen LogP contribution < -0.4 is 0 Å². The molecule has 1 N–H and O–H groups in total. The lowest BCUT2D eigenvalue weighted by Gasteiger charge is -2.51. The number of piperidine rings is 3. The molecule has 2 aromatic carbocycles. The second-order valence-corrected chi connectivity index (χ2v) is 9.74. The van der Waals surface area contributed by atoms with E-state index in [-0.39, 0.29) is 0 Å². The molecule has 2 atom stereocenters. The first-order chi connectivity index (χ1) is 15.2. The Balaban J connectivity index is 1.33. The summed E-state index contributed by atoms with van der Waals surface area (Å²) in [5, 5.41) is 12.2. The maximum Gasteiger partial charge on any atom is 0.0942 e. The summed E-state index contributed by atoms with van der Waals surface area (Å²) in [4.78, 5) is 5.03. The van der Waals surface area contributed by atoms with Crippen LogP contribution in [0.5, 0.6) is 0 Å². The number of fused-ring (bicyclic) bond motifs is 3. The van der Waals surface area contributed by atoms with Crippen LogP contribution in [0.3, 0.4) is 0 Å². The van der Waals surface area contributed by atoms with Gasteiger partial charge in [-0.05, 0) is 61.4 Å². The summed E-state index contributed by atoms with van der Waals surface area (Å²) in [7, 11) is 0. The lowest BCUT2D eigenvalue weighted by Crippen LogP contribution is -2.55. The van der Waals surface area contributed by atoms with Gasteiger partial charge in [0.2, 0.25) is 0 Å². The molecule has 6 rings (SSSR count). The van der Waals surface area contributed by atoms with Gasteiger partial charge in [-0.2, -0.15) is 0 Å². The Morgan fingerprint density at radius 2 is 1.65 bits per heavy atom. The Kier molecular flexibility index (Phi) is 6.42. The molecule has 2 aromatic rings. The number of morpholine rings is 1. The highest BCUT2D eigenvalue weighted by molar-refractivity contribution is 5.27. The van der Waals surface area contributed by atoms with Gasteiger partial charge in [0.15, 0.2) is 0 Å². The summed E-state index contributed by atoms with van der Waals surface area (Å²) < 4.78 is 5.48. The van der Waals surface area contributed by atoms with Crippen LogP contribution in [0.25, 0.3) is 0 Å². The Morgan fingerprint density at radius 1 is 0.903 bits per heavy atom. The van der Waals surface area contributed by atoms with Gasteiger partial charge < -0.3 is 14.7 Å². The number of aliphatic hydroxyl groups is 1. The van der Waals surface area contributed by atoms with Crippen molar-refractivity contribution in [2.24, 2.45) is 11.8 Å². The van der Waals surface area contributed by atoms with Crippen molar-refractivity contribution in [2.75, 3.05) is 45.9 Å². The zero-order valence-corrected chi connectivity index (χ0v) is 18.6. The van der Waals surface area contributed by atoms with E-state index >= 15 is 0 Å². The first kappa shape index (κ1) is 21.1. The van der Waals surface area contributed by atoms with Crippen molar-refractivity contribution in [1.29, 1.82) is 0 Å². The van der Waals surface area contributed by atoms with Crippen LogP contribution in [0.15, 0.2) is 54.6 Å². The molecule has 0 amide bonds. The molecule has 4 aliphatic rings. The fourth-order valence-electron chi connectivity index (χ4n) is 6.01. The quantitative estimate of drug-likeness (QED) is 0.741. The molecular weight excluding hydrogens is 384 g/mol. The standard InChI is InChI=1S/C27H36N2O2/c30-27(25-7-2-1-3-8-25,26-21-28-13-10-24(26)11-14-28)12-9-22-5-4-6-23(19-22)20-29-15-17-31-18-16-29/h1-8,19,24,26,30H,9-18,20-21H2. The van der Waals surface area contributed by atoms with E-state index in [1.807, 2.05) is 0 Å². The molecule has 0 aliphatic carbocycles. The van der Waals surface area contributed by atoms with Gasteiger partial charge >= 0.3 is 0 Å². The molecule has 4 saturated heterocycles. The maximum absolute atomic E-state index is 12.2. The van der Waals surface area contributed by atoms with E-state index in [9.17, 15) is 5.11 Å². The van der Waals surface area contributed by atoms with Crippen molar-refractivity contribution in [1.82, 2.24) is 9.80 Å². The lowest BCUT2D eigenvalue weighted by molar-refractivity contribution is -0.106.